The van der Waals surface area contributed by atoms with Crippen LogP contribution >= 0.6 is 11.3 Å². The van der Waals surface area contributed by atoms with Crippen molar-refractivity contribution in [2.75, 3.05) is 36.4 Å². The molecule has 0 unspecified atom stereocenters. The number of benzene rings is 1. The molecule has 1 saturated heterocycles. The zero-order valence-electron chi connectivity index (χ0n) is 17.3. The van der Waals surface area contributed by atoms with E-state index in [1.807, 2.05) is 23.1 Å². The van der Waals surface area contributed by atoms with E-state index in [4.69, 9.17) is 4.98 Å². The molecular formula is C22H28N4O2S. The van der Waals surface area contributed by atoms with Gasteiger partial charge in [-0.05, 0) is 56.4 Å². The summed E-state index contributed by atoms with van der Waals surface area (Å²) in [5.74, 6) is 0.233. The molecule has 1 atom stereocenters. The maximum Gasteiger partial charge on any atom is 0.227 e. The van der Waals surface area contributed by atoms with Gasteiger partial charge in [-0.15, -0.1) is 11.3 Å². The van der Waals surface area contributed by atoms with Crippen molar-refractivity contribution < 1.29 is 9.59 Å². The van der Waals surface area contributed by atoms with Crippen LogP contribution in [-0.2, 0) is 22.4 Å². The third-order valence-corrected chi connectivity index (χ3v) is 7.25. The monoisotopic (exact) mass is 412 g/mol. The molecule has 6 nitrogen and oxygen atoms in total. The fraction of sp³-hybridized carbons (Fsp3) is 0.500. The largest absolute Gasteiger partial charge is 0.345 e. The molecule has 0 radical (unpaired) electrons. The minimum Gasteiger partial charge on any atom is -0.345 e. The second-order valence-electron chi connectivity index (χ2n) is 8.09. The summed E-state index contributed by atoms with van der Waals surface area (Å²) in [6, 6.07) is 6.05. The van der Waals surface area contributed by atoms with Gasteiger partial charge >= 0.3 is 0 Å². The third-order valence-electron chi connectivity index (χ3n) is 6.07. The van der Waals surface area contributed by atoms with Crippen LogP contribution in [0, 0.1) is 19.8 Å². The van der Waals surface area contributed by atoms with Crippen LogP contribution in [0.4, 0.5) is 10.8 Å². The highest BCUT2D eigenvalue weighted by atomic mass is 32.1. The number of aromatic nitrogens is 1. The van der Waals surface area contributed by atoms with Gasteiger partial charge in [0.15, 0.2) is 5.13 Å². The SMILES string of the molecule is CC(=O)N1CCN(c2nc3c(s2)C[C@H](C(=O)Nc2ccc(C)c(C)c2)CC3)CC1. The van der Waals surface area contributed by atoms with Crippen molar-refractivity contribution in [2.45, 2.75) is 40.0 Å². The van der Waals surface area contributed by atoms with E-state index in [-0.39, 0.29) is 17.7 Å². The van der Waals surface area contributed by atoms with E-state index >= 15 is 0 Å². The van der Waals surface area contributed by atoms with E-state index in [0.717, 1.165) is 62.0 Å². The van der Waals surface area contributed by atoms with Crippen LogP contribution in [0.15, 0.2) is 18.2 Å². The zero-order valence-corrected chi connectivity index (χ0v) is 18.1. The van der Waals surface area contributed by atoms with Crippen LogP contribution in [0.2, 0.25) is 0 Å². The molecule has 4 rings (SSSR count). The number of carbonyl (C=O) groups excluding carboxylic acids is 2. The molecule has 2 amide bonds. The third kappa shape index (κ3) is 4.29. The Morgan fingerprint density at radius 1 is 1.14 bits per heavy atom. The van der Waals surface area contributed by atoms with Gasteiger partial charge in [-0.3, -0.25) is 9.59 Å². The number of anilines is 2. The summed E-state index contributed by atoms with van der Waals surface area (Å²) < 4.78 is 0. The van der Waals surface area contributed by atoms with Crippen LogP contribution in [0.1, 0.15) is 35.0 Å². The first kappa shape index (κ1) is 19.9. The van der Waals surface area contributed by atoms with Gasteiger partial charge in [0, 0.05) is 49.6 Å². The molecule has 1 aromatic carbocycles. The van der Waals surface area contributed by atoms with Gasteiger partial charge in [0.2, 0.25) is 11.8 Å². The Morgan fingerprint density at radius 3 is 2.59 bits per heavy atom. The molecule has 2 aromatic rings. The van der Waals surface area contributed by atoms with Crippen LogP contribution in [0.3, 0.4) is 0 Å². The Morgan fingerprint density at radius 2 is 1.90 bits per heavy atom. The lowest BCUT2D eigenvalue weighted by atomic mass is 9.90. The summed E-state index contributed by atoms with van der Waals surface area (Å²) in [7, 11) is 0. The van der Waals surface area contributed by atoms with E-state index < -0.39 is 0 Å². The summed E-state index contributed by atoms with van der Waals surface area (Å²) in [5.41, 5.74) is 4.43. The molecule has 0 bridgehead atoms. The number of fused-ring (bicyclic) bond motifs is 1. The van der Waals surface area contributed by atoms with Crippen molar-refractivity contribution in [1.29, 1.82) is 0 Å². The molecule has 2 aliphatic rings. The number of amides is 2. The van der Waals surface area contributed by atoms with E-state index in [1.165, 1.54) is 16.0 Å². The molecule has 0 spiro atoms. The second kappa shape index (κ2) is 8.14. The van der Waals surface area contributed by atoms with Gasteiger partial charge in [0.1, 0.15) is 0 Å². The second-order valence-corrected chi connectivity index (χ2v) is 9.15. The van der Waals surface area contributed by atoms with E-state index in [2.05, 4.69) is 24.1 Å². The first-order valence-corrected chi connectivity index (χ1v) is 11.1. The molecule has 1 aromatic heterocycles. The first-order chi connectivity index (χ1) is 13.9. The number of thiazole rings is 1. The lowest BCUT2D eigenvalue weighted by Crippen LogP contribution is -2.48. The number of aryl methyl sites for hydroxylation is 3. The fourth-order valence-corrected chi connectivity index (χ4v) is 5.23. The minimum atomic E-state index is -0.00744. The molecule has 1 fully saturated rings. The summed E-state index contributed by atoms with van der Waals surface area (Å²) in [6.07, 6.45) is 2.45. The van der Waals surface area contributed by atoms with Crippen molar-refractivity contribution in [1.82, 2.24) is 9.88 Å². The number of rotatable bonds is 3. The minimum absolute atomic E-state index is 0.00744. The lowest BCUT2D eigenvalue weighted by Gasteiger charge is -2.33. The highest BCUT2D eigenvalue weighted by molar-refractivity contribution is 7.15. The number of piperazine rings is 1. The fourth-order valence-electron chi connectivity index (χ4n) is 4.00. The highest BCUT2D eigenvalue weighted by Crippen LogP contribution is 2.35. The zero-order chi connectivity index (χ0) is 20.5. The highest BCUT2D eigenvalue weighted by Gasteiger charge is 2.29. The Bertz CT molecular complexity index is 931. The van der Waals surface area contributed by atoms with Gasteiger partial charge in [-0.2, -0.15) is 0 Å². The first-order valence-electron chi connectivity index (χ1n) is 10.3. The van der Waals surface area contributed by atoms with Crippen LogP contribution in [0.25, 0.3) is 0 Å². The molecule has 1 aliphatic heterocycles. The van der Waals surface area contributed by atoms with Crippen LogP contribution in [0.5, 0.6) is 0 Å². The topological polar surface area (TPSA) is 65.5 Å². The van der Waals surface area contributed by atoms with Crippen LogP contribution in [-0.4, -0.2) is 47.9 Å². The Labute approximate surface area is 175 Å². The Kier molecular flexibility index (Phi) is 5.58. The quantitative estimate of drug-likeness (QED) is 0.841. The number of hydrogen-bond donors (Lipinski definition) is 1. The van der Waals surface area contributed by atoms with Gasteiger partial charge in [0.05, 0.1) is 5.69 Å². The molecular weight excluding hydrogens is 384 g/mol. The molecule has 0 saturated carbocycles. The average molecular weight is 413 g/mol. The van der Waals surface area contributed by atoms with Gasteiger partial charge in [0.25, 0.3) is 0 Å². The summed E-state index contributed by atoms with van der Waals surface area (Å²) in [5, 5.41) is 4.13. The molecule has 2 heterocycles. The number of nitrogens with one attached hydrogen (secondary N) is 1. The smallest absolute Gasteiger partial charge is 0.227 e. The summed E-state index contributed by atoms with van der Waals surface area (Å²) >= 11 is 1.71. The Balaban J connectivity index is 1.39. The van der Waals surface area contributed by atoms with Gasteiger partial charge in [-0.1, -0.05) is 6.07 Å². The van der Waals surface area contributed by atoms with Gasteiger partial charge < -0.3 is 15.1 Å². The predicted molar refractivity (Wildman–Crippen MR) is 117 cm³/mol. The van der Waals surface area contributed by atoms with Crippen molar-refractivity contribution in [3.8, 4) is 0 Å². The maximum atomic E-state index is 12.8. The summed E-state index contributed by atoms with van der Waals surface area (Å²) in [4.78, 5) is 34.6. The van der Waals surface area contributed by atoms with Crippen LogP contribution < -0.4 is 10.2 Å². The normalized spacial score (nSPS) is 19.1. The summed E-state index contributed by atoms with van der Waals surface area (Å²) in [6.45, 7) is 8.91. The molecule has 1 aliphatic carbocycles. The molecule has 1 N–H and O–H groups in total. The predicted octanol–water partition coefficient (Wildman–Crippen LogP) is 3.17. The van der Waals surface area contributed by atoms with E-state index in [1.54, 1.807) is 18.3 Å². The Hall–Kier alpha value is -2.41. The lowest BCUT2D eigenvalue weighted by molar-refractivity contribution is -0.129. The van der Waals surface area contributed by atoms with E-state index in [9.17, 15) is 9.59 Å². The number of hydrogen-bond acceptors (Lipinski definition) is 5. The number of carbonyl (C=O) groups is 2. The standard InChI is InChI=1S/C22H28N4O2S/c1-14-4-6-18(12-15(14)2)23-21(28)17-5-7-19-20(13-17)29-22(24-19)26-10-8-25(9-11-26)16(3)27/h4,6,12,17H,5,7-11,13H2,1-3H3,(H,23,28)/t17-/m1/s1. The van der Waals surface area contributed by atoms with Crippen molar-refractivity contribution in [3.63, 3.8) is 0 Å². The van der Waals surface area contributed by atoms with Crippen molar-refractivity contribution in [2.24, 2.45) is 5.92 Å². The average Bonchev–Trinajstić information content (AvgIpc) is 3.14. The van der Waals surface area contributed by atoms with E-state index in [0.29, 0.717) is 0 Å². The van der Waals surface area contributed by atoms with Crippen molar-refractivity contribution in [3.05, 3.63) is 39.9 Å². The molecule has 154 valence electrons. The van der Waals surface area contributed by atoms with Crippen molar-refractivity contribution >= 4 is 34.0 Å². The van der Waals surface area contributed by atoms with Gasteiger partial charge in [-0.25, -0.2) is 4.98 Å². The molecule has 7 heteroatoms. The molecule has 29 heavy (non-hydrogen) atoms. The number of nitrogens with zero attached hydrogens (tertiary/aromatic N) is 3. The maximum absolute atomic E-state index is 12.8.